The summed E-state index contributed by atoms with van der Waals surface area (Å²) in [5.74, 6) is 0.318. The van der Waals surface area contributed by atoms with Crippen molar-refractivity contribution >= 4 is 23.2 Å². The average Bonchev–Trinajstić information content (AvgIpc) is 3.25. The van der Waals surface area contributed by atoms with E-state index in [1.54, 1.807) is 11.9 Å². The molecule has 2 aromatic rings. The highest BCUT2D eigenvalue weighted by atomic mass is 16.2. The molecule has 0 unspecified atom stereocenters. The normalized spacial score (nSPS) is 17.0. The van der Waals surface area contributed by atoms with Crippen molar-refractivity contribution in [3.63, 3.8) is 0 Å². The van der Waals surface area contributed by atoms with Crippen LogP contribution in [0.4, 0.5) is 5.69 Å². The zero-order valence-corrected chi connectivity index (χ0v) is 13.1. The molecule has 24 heavy (non-hydrogen) atoms. The van der Waals surface area contributed by atoms with E-state index in [2.05, 4.69) is 25.7 Å². The van der Waals surface area contributed by atoms with Gasteiger partial charge in [-0.25, -0.2) is 5.01 Å². The van der Waals surface area contributed by atoms with Gasteiger partial charge in [-0.15, -0.1) is 10.2 Å². The van der Waals surface area contributed by atoms with Crippen LogP contribution < -0.4 is 4.90 Å². The van der Waals surface area contributed by atoms with E-state index in [-0.39, 0.29) is 11.8 Å². The number of carbonyl (C=O) groups excluding carboxylic acids is 2. The molecule has 2 aliphatic rings. The number of hydrogen-bond donors (Lipinski definition) is 1. The van der Waals surface area contributed by atoms with Crippen molar-refractivity contribution in [3.8, 4) is 11.4 Å². The summed E-state index contributed by atoms with van der Waals surface area (Å²) in [6.07, 6.45) is 1.46. The molecule has 3 heterocycles. The number of tetrazole rings is 1. The first-order valence-electron chi connectivity index (χ1n) is 7.66. The van der Waals surface area contributed by atoms with Gasteiger partial charge in [-0.2, -0.15) is 10.3 Å². The molecule has 9 nitrogen and oxygen atoms in total. The molecule has 1 N–H and O–H groups in total. The molecule has 0 radical (unpaired) electrons. The Kier molecular flexibility index (Phi) is 3.33. The Labute approximate surface area is 137 Å². The number of nitrogens with zero attached hydrogens (tertiary/aromatic N) is 6. The summed E-state index contributed by atoms with van der Waals surface area (Å²) in [6.45, 7) is 0.598. The van der Waals surface area contributed by atoms with Gasteiger partial charge >= 0.3 is 0 Å². The van der Waals surface area contributed by atoms with Crippen LogP contribution in [-0.4, -0.2) is 56.8 Å². The summed E-state index contributed by atoms with van der Waals surface area (Å²) in [6, 6.07) is 5.74. The predicted molar refractivity (Wildman–Crippen MR) is 85.1 cm³/mol. The van der Waals surface area contributed by atoms with E-state index < -0.39 is 0 Å². The second kappa shape index (κ2) is 5.52. The first kappa shape index (κ1) is 14.5. The molecule has 2 aliphatic heterocycles. The quantitative estimate of drug-likeness (QED) is 0.858. The molecule has 0 bridgehead atoms. The van der Waals surface area contributed by atoms with Crippen molar-refractivity contribution in [1.29, 1.82) is 0 Å². The van der Waals surface area contributed by atoms with Crippen LogP contribution in [0.5, 0.6) is 0 Å². The minimum absolute atomic E-state index is 0.0712. The van der Waals surface area contributed by atoms with Gasteiger partial charge in [-0.1, -0.05) is 0 Å². The number of fused-ring (bicyclic) bond motifs is 1. The molecule has 0 atom stereocenters. The number of hydrazone groups is 1. The molecule has 0 fully saturated rings. The summed E-state index contributed by atoms with van der Waals surface area (Å²) in [5, 5.41) is 19.3. The molecule has 0 aliphatic carbocycles. The molecule has 4 rings (SSSR count). The average molecular weight is 325 g/mol. The fourth-order valence-electron chi connectivity index (χ4n) is 3.02. The van der Waals surface area contributed by atoms with Crippen LogP contribution in [0.1, 0.15) is 18.4 Å². The smallest absolute Gasteiger partial charge is 0.274 e. The van der Waals surface area contributed by atoms with Crippen molar-refractivity contribution in [2.24, 2.45) is 5.10 Å². The van der Waals surface area contributed by atoms with Crippen LogP contribution in [0.15, 0.2) is 23.3 Å². The maximum Gasteiger partial charge on any atom is 0.274 e. The number of hydrogen-bond acceptors (Lipinski definition) is 6. The Morgan fingerprint density at radius 2 is 2.12 bits per heavy atom. The molecule has 2 amide bonds. The molecule has 0 spiro atoms. The Hall–Kier alpha value is -3.10. The zero-order chi connectivity index (χ0) is 16.7. The third-order valence-corrected chi connectivity index (χ3v) is 4.28. The second-order valence-corrected chi connectivity index (χ2v) is 5.75. The zero-order valence-electron chi connectivity index (χ0n) is 13.1. The lowest BCUT2D eigenvalue weighted by Crippen LogP contribution is -2.39. The minimum atomic E-state index is -0.139. The molecule has 0 saturated carbocycles. The first-order valence-corrected chi connectivity index (χ1v) is 7.66. The van der Waals surface area contributed by atoms with Crippen molar-refractivity contribution in [2.75, 3.05) is 18.5 Å². The van der Waals surface area contributed by atoms with Crippen LogP contribution in [0, 0.1) is 0 Å². The van der Waals surface area contributed by atoms with Crippen LogP contribution in [0.2, 0.25) is 0 Å². The Bertz CT molecular complexity index is 844. The third kappa shape index (κ3) is 2.34. The summed E-state index contributed by atoms with van der Waals surface area (Å²) < 4.78 is 0. The van der Waals surface area contributed by atoms with Gasteiger partial charge in [-0.3, -0.25) is 9.59 Å². The van der Waals surface area contributed by atoms with Crippen molar-refractivity contribution in [2.45, 2.75) is 19.3 Å². The molecule has 1 aromatic heterocycles. The Morgan fingerprint density at radius 3 is 2.88 bits per heavy atom. The lowest BCUT2D eigenvalue weighted by molar-refractivity contribution is -0.130. The van der Waals surface area contributed by atoms with Crippen molar-refractivity contribution < 1.29 is 9.59 Å². The van der Waals surface area contributed by atoms with Gasteiger partial charge in [0.2, 0.25) is 11.7 Å². The highest BCUT2D eigenvalue weighted by Crippen LogP contribution is 2.31. The number of aromatic nitrogens is 4. The highest BCUT2D eigenvalue weighted by Gasteiger charge is 2.30. The summed E-state index contributed by atoms with van der Waals surface area (Å²) >= 11 is 0. The standard InChI is InChI=1S/C15H15N7O2/c1-21-13(23)5-3-11(18-21)15(24)22-7-6-9-8-10(2-4-12(9)22)14-16-19-20-17-14/h2,4,8H,3,5-7H2,1H3,(H,16,17,19,20). The van der Waals surface area contributed by atoms with Crippen molar-refractivity contribution in [3.05, 3.63) is 23.8 Å². The van der Waals surface area contributed by atoms with Gasteiger partial charge in [0.05, 0.1) is 0 Å². The van der Waals surface area contributed by atoms with Gasteiger partial charge in [-0.05, 0) is 35.4 Å². The number of rotatable bonds is 2. The fraction of sp³-hybridized carbons (Fsp3) is 0.333. The first-order chi connectivity index (χ1) is 11.6. The molecule has 9 heteroatoms. The van der Waals surface area contributed by atoms with Gasteiger partial charge < -0.3 is 4.90 Å². The fourth-order valence-corrected chi connectivity index (χ4v) is 3.02. The van der Waals surface area contributed by atoms with Crippen molar-refractivity contribution in [1.82, 2.24) is 25.6 Å². The van der Waals surface area contributed by atoms with E-state index in [9.17, 15) is 9.59 Å². The third-order valence-electron chi connectivity index (χ3n) is 4.28. The second-order valence-electron chi connectivity index (χ2n) is 5.75. The summed E-state index contributed by atoms with van der Waals surface area (Å²) in [5.41, 5.74) is 3.21. The Balaban J connectivity index is 1.61. The van der Waals surface area contributed by atoms with E-state index in [4.69, 9.17) is 0 Å². The SMILES string of the molecule is CN1N=C(C(=O)N2CCc3cc(-c4nn[nH]n4)ccc32)CCC1=O. The topological polar surface area (TPSA) is 107 Å². The van der Waals surface area contributed by atoms with Crippen LogP contribution >= 0.6 is 0 Å². The van der Waals surface area contributed by atoms with Crippen LogP contribution in [-0.2, 0) is 16.0 Å². The molecule has 1 aromatic carbocycles. The number of amides is 2. The van der Waals surface area contributed by atoms with E-state index >= 15 is 0 Å². The van der Waals surface area contributed by atoms with E-state index in [0.29, 0.717) is 30.9 Å². The maximum atomic E-state index is 12.7. The molecular formula is C15H15N7O2. The lowest BCUT2D eigenvalue weighted by Gasteiger charge is -2.23. The number of aromatic amines is 1. The summed E-state index contributed by atoms with van der Waals surface area (Å²) in [4.78, 5) is 26.0. The maximum absolute atomic E-state index is 12.7. The number of carbonyl (C=O) groups is 2. The molecule has 0 saturated heterocycles. The van der Waals surface area contributed by atoms with E-state index in [0.717, 1.165) is 23.2 Å². The minimum Gasteiger partial charge on any atom is -0.307 e. The Morgan fingerprint density at radius 1 is 1.25 bits per heavy atom. The summed E-state index contributed by atoms with van der Waals surface area (Å²) in [7, 11) is 1.57. The number of anilines is 1. The number of nitrogens with one attached hydrogen (secondary N) is 1. The van der Waals surface area contributed by atoms with Crippen LogP contribution in [0.25, 0.3) is 11.4 Å². The van der Waals surface area contributed by atoms with Gasteiger partial charge in [0.1, 0.15) is 5.71 Å². The monoisotopic (exact) mass is 325 g/mol. The predicted octanol–water partition coefficient (Wildman–Crippen LogP) is 0.364. The van der Waals surface area contributed by atoms with Crippen LogP contribution in [0.3, 0.4) is 0 Å². The van der Waals surface area contributed by atoms with Gasteiger partial charge in [0.15, 0.2) is 0 Å². The molecular weight excluding hydrogens is 310 g/mol. The number of H-pyrrole nitrogens is 1. The molecule has 122 valence electrons. The lowest BCUT2D eigenvalue weighted by atomic mass is 10.1. The largest absolute Gasteiger partial charge is 0.307 e. The van der Waals surface area contributed by atoms with Gasteiger partial charge in [0, 0.05) is 37.7 Å². The highest BCUT2D eigenvalue weighted by molar-refractivity contribution is 6.44. The number of benzene rings is 1. The van der Waals surface area contributed by atoms with E-state index in [1.807, 2.05) is 18.2 Å². The van der Waals surface area contributed by atoms with Gasteiger partial charge in [0.25, 0.3) is 5.91 Å². The van der Waals surface area contributed by atoms with E-state index in [1.165, 1.54) is 5.01 Å².